The van der Waals surface area contributed by atoms with Gasteiger partial charge in [0.05, 0.1) is 0 Å². The molecule has 0 saturated heterocycles. The Balaban J connectivity index is 0.00000576. The van der Waals surface area contributed by atoms with Gasteiger partial charge in [-0.3, -0.25) is 9.79 Å². The molecule has 0 aromatic heterocycles. The van der Waals surface area contributed by atoms with Gasteiger partial charge in [0.25, 0.3) is 5.91 Å². The molecule has 0 bridgehead atoms. The highest BCUT2D eigenvalue weighted by Gasteiger charge is 2.04. The SMILES string of the molecule is CCNC(=O)c1ccc(CNC(=NC)NCCCCOCC)cc1.I. The highest BCUT2D eigenvalue weighted by molar-refractivity contribution is 14.0. The molecule has 7 heteroatoms. The largest absolute Gasteiger partial charge is 0.382 e. The Labute approximate surface area is 168 Å². The minimum atomic E-state index is -0.0402. The molecule has 0 radical (unpaired) electrons. The number of nitrogens with zero attached hydrogens (tertiary/aromatic N) is 1. The molecule has 1 aromatic rings. The second-order valence-electron chi connectivity index (χ2n) is 5.31. The number of halogens is 1. The minimum Gasteiger partial charge on any atom is -0.382 e. The summed E-state index contributed by atoms with van der Waals surface area (Å²) in [5.41, 5.74) is 1.78. The van der Waals surface area contributed by atoms with Crippen molar-refractivity contribution in [3.8, 4) is 0 Å². The van der Waals surface area contributed by atoms with Crippen LogP contribution in [0.2, 0.25) is 0 Å². The first-order valence-corrected chi connectivity index (χ1v) is 8.60. The van der Waals surface area contributed by atoms with Crippen LogP contribution in [0.25, 0.3) is 0 Å². The maximum atomic E-state index is 11.7. The van der Waals surface area contributed by atoms with Gasteiger partial charge in [0, 0.05) is 45.5 Å². The van der Waals surface area contributed by atoms with Crippen molar-refractivity contribution in [3.05, 3.63) is 35.4 Å². The van der Waals surface area contributed by atoms with E-state index in [1.54, 1.807) is 7.05 Å². The van der Waals surface area contributed by atoms with Crippen molar-refractivity contribution in [2.24, 2.45) is 4.99 Å². The van der Waals surface area contributed by atoms with Gasteiger partial charge >= 0.3 is 0 Å². The molecule has 0 fully saturated rings. The molecule has 142 valence electrons. The quantitative estimate of drug-likeness (QED) is 0.216. The van der Waals surface area contributed by atoms with Gasteiger partial charge in [0.1, 0.15) is 0 Å². The van der Waals surface area contributed by atoms with Crippen molar-refractivity contribution in [2.45, 2.75) is 33.2 Å². The van der Waals surface area contributed by atoms with E-state index in [1.165, 1.54) is 0 Å². The van der Waals surface area contributed by atoms with E-state index < -0.39 is 0 Å². The second-order valence-corrected chi connectivity index (χ2v) is 5.31. The van der Waals surface area contributed by atoms with E-state index in [4.69, 9.17) is 4.74 Å². The summed E-state index contributed by atoms with van der Waals surface area (Å²) in [5.74, 6) is 0.737. The molecular weight excluding hydrogens is 431 g/mol. The number of hydrogen-bond acceptors (Lipinski definition) is 3. The van der Waals surface area contributed by atoms with Gasteiger partial charge in [0.2, 0.25) is 0 Å². The van der Waals surface area contributed by atoms with E-state index in [9.17, 15) is 4.79 Å². The standard InChI is InChI=1S/C18H30N4O2.HI/c1-4-20-17(23)16-10-8-15(9-11-16)14-22-18(19-3)21-12-6-7-13-24-5-2;/h8-11H,4-7,12-14H2,1-3H3,(H,20,23)(H2,19,21,22);1H. The molecule has 0 saturated carbocycles. The fraction of sp³-hybridized carbons (Fsp3) is 0.556. The van der Waals surface area contributed by atoms with Crippen molar-refractivity contribution in [1.82, 2.24) is 16.0 Å². The Bertz CT molecular complexity index is 506. The number of ether oxygens (including phenoxy) is 1. The molecule has 0 heterocycles. The van der Waals surface area contributed by atoms with Gasteiger partial charge in [-0.1, -0.05) is 12.1 Å². The number of unbranched alkanes of at least 4 members (excludes halogenated alkanes) is 1. The van der Waals surface area contributed by atoms with Crippen molar-refractivity contribution in [1.29, 1.82) is 0 Å². The average Bonchev–Trinajstić information content (AvgIpc) is 2.61. The third kappa shape index (κ3) is 10.3. The number of aliphatic imine (C=N–C) groups is 1. The molecule has 0 aliphatic rings. The zero-order chi connectivity index (χ0) is 17.6. The van der Waals surface area contributed by atoms with Crippen LogP contribution in [-0.4, -0.2) is 45.2 Å². The lowest BCUT2D eigenvalue weighted by Crippen LogP contribution is -2.37. The lowest BCUT2D eigenvalue weighted by molar-refractivity contribution is 0.0956. The zero-order valence-electron chi connectivity index (χ0n) is 15.4. The van der Waals surface area contributed by atoms with Gasteiger partial charge in [-0.2, -0.15) is 0 Å². The summed E-state index contributed by atoms with van der Waals surface area (Å²) in [4.78, 5) is 15.9. The van der Waals surface area contributed by atoms with E-state index in [1.807, 2.05) is 38.1 Å². The molecule has 1 aromatic carbocycles. The summed E-state index contributed by atoms with van der Waals surface area (Å²) in [7, 11) is 1.76. The van der Waals surface area contributed by atoms with Crippen molar-refractivity contribution < 1.29 is 9.53 Å². The summed E-state index contributed by atoms with van der Waals surface area (Å²) < 4.78 is 5.31. The summed E-state index contributed by atoms with van der Waals surface area (Å²) in [6.07, 6.45) is 2.08. The minimum absolute atomic E-state index is 0. The number of guanidine groups is 1. The highest BCUT2D eigenvalue weighted by atomic mass is 127. The van der Waals surface area contributed by atoms with Crippen LogP contribution < -0.4 is 16.0 Å². The predicted octanol–water partition coefficient (Wildman–Crippen LogP) is 2.54. The molecule has 1 amide bonds. The van der Waals surface area contributed by atoms with E-state index >= 15 is 0 Å². The van der Waals surface area contributed by atoms with E-state index in [-0.39, 0.29) is 29.9 Å². The van der Waals surface area contributed by atoms with Crippen molar-refractivity contribution >= 4 is 35.8 Å². The zero-order valence-corrected chi connectivity index (χ0v) is 17.8. The molecule has 3 N–H and O–H groups in total. The number of amides is 1. The number of nitrogens with one attached hydrogen (secondary N) is 3. The van der Waals surface area contributed by atoms with E-state index in [0.717, 1.165) is 44.1 Å². The number of carbonyl (C=O) groups excluding carboxylic acids is 1. The smallest absolute Gasteiger partial charge is 0.251 e. The first-order chi connectivity index (χ1) is 11.7. The Morgan fingerprint density at radius 2 is 1.80 bits per heavy atom. The number of carbonyl (C=O) groups is 1. The molecule has 0 atom stereocenters. The fourth-order valence-electron chi connectivity index (χ4n) is 2.12. The van der Waals surface area contributed by atoms with Gasteiger partial charge in [-0.25, -0.2) is 0 Å². The van der Waals surface area contributed by atoms with Gasteiger partial charge in [-0.05, 0) is 44.4 Å². The molecule has 25 heavy (non-hydrogen) atoms. The lowest BCUT2D eigenvalue weighted by Gasteiger charge is -2.12. The fourth-order valence-corrected chi connectivity index (χ4v) is 2.12. The molecule has 1 rings (SSSR count). The topological polar surface area (TPSA) is 74.8 Å². The maximum Gasteiger partial charge on any atom is 0.251 e. The molecule has 6 nitrogen and oxygen atoms in total. The number of hydrogen-bond donors (Lipinski definition) is 3. The van der Waals surface area contributed by atoms with Crippen LogP contribution >= 0.6 is 24.0 Å². The summed E-state index contributed by atoms with van der Waals surface area (Å²) in [5, 5.41) is 9.34. The first-order valence-electron chi connectivity index (χ1n) is 8.60. The van der Waals surface area contributed by atoms with E-state index in [0.29, 0.717) is 18.7 Å². The van der Waals surface area contributed by atoms with Gasteiger partial charge in [0.15, 0.2) is 5.96 Å². The third-order valence-corrected chi connectivity index (χ3v) is 3.45. The van der Waals surface area contributed by atoms with Crippen LogP contribution in [0.3, 0.4) is 0 Å². The first kappa shape index (κ1) is 23.6. The number of rotatable bonds is 10. The van der Waals surface area contributed by atoms with Crippen LogP contribution in [0.15, 0.2) is 29.3 Å². The summed E-state index contributed by atoms with van der Waals surface area (Å²) >= 11 is 0. The molecule has 0 aliphatic heterocycles. The monoisotopic (exact) mass is 462 g/mol. The Morgan fingerprint density at radius 1 is 1.08 bits per heavy atom. The van der Waals surface area contributed by atoms with Gasteiger partial charge < -0.3 is 20.7 Å². The second kappa shape index (κ2) is 14.9. The van der Waals surface area contributed by atoms with Gasteiger partial charge in [-0.15, -0.1) is 24.0 Å². The average molecular weight is 462 g/mol. The predicted molar refractivity (Wildman–Crippen MR) is 114 cm³/mol. The van der Waals surface area contributed by atoms with Crippen molar-refractivity contribution in [2.75, 3.05) is 33.4 Å². The van der Waals surface area contributed by atoms with Crippen LogP contribution in [-0.2, 0) is 11.3 Å². The van der Waals surface area contributed by atoms with E-state index in [2.05, 4.69) is 20.9 Å². The molecule has 0 spiro atoms. The highest BCUT2D eigenvalue weighted by Crippen LogP contribution is 2.04. The normalized spacial score (nSPS) is 10.8. The van der Waals surface area contributed by atoms with Crippen LogP contribution in [0.1, 0.15) is 42.6 Å². The third-order valence-electron chi connectivity index (χ3n) is 3.45. The van der Waals surface area contributed by atoms with Crippen molar-refractivity contribution in [3.63, 3.8) is 0 Å². The lowest BCUT2D eigenvalue weighted by atomic mass is 10.1. The van der Waals surface area contributed by atoms with Crippen LogP contribution in [0.5, 0.6) is 0 Å². The molecular formula is C18H31IN4O2. The molecule has 0 aliphatic carbocycles. The Hall–Kier alpha value is -1.35. The maximum absolute atomic E-state index is 11.7. The number of benzene rings is 1. The Kier molecular flexibility index (Phi) is 14.1. The summed E-state index contributed by atoms with van der Waals surface area (Å²) in [6.45, 7) is 7.65. The van der Waals surface area contributed by atoms with Crippen LogP contribution in [0.4, 0.5) is 0 Å². The molecule has 0 unspecified atom stereocenters. The Morgan fingerprint density at radius 3 is 2.40 bits per heavy atom. The summed E-state index contributed by atoms with van der Waals surface area (Å²) in [6, 6.07) is 7.58. The van der Waals surface area contributed by atoms with Crippen LogP contribution in [0, 0.1) is 0 Å².